The van der Waals surface area contributed by atoms with Crippen LogP contribution in [0.5, 0.6) is 5.75 Å². The Labute approximate surface area is 220 Å². The van der Waals surface area contributed by atoms with Gasteiger partial charge in [-0.2, -0.15) is 0 Å². The van der Waals surface area contributed by atoms with Crippen LogP contribution in [0.4, 0.5) is 5.82 Å². The number of anilines is 1. The number of ether oxygens (including phenoxy) is 2. The fourth-order valence-electron chi connectivity index (χ4n) is 4.34. The highest BCUT2D eigenvalue weighted by Gasteiger charge is 2.48. The van der Waals surface area contributed by atoms with Crippen LogP contribution in [0.2, 0.25) is 0 Å². The number of aromatic nitrogens is 3. The molecule has 11 nitrogen and oxygen atoms in total. The summed E-state index contributed by atoms with van der Waals surface area (Å²) in [7, 11) is 0. The SMILES string of the molecule is CCCC1(Cl)Nc2c(ncn2[C@@H]2O[C@H](CO)[C@@H](O)[C@H]2O)C(=N)N1Sc1nc2ccc(OCC)cc2s1. The van der Waals surface area contributed by atoms with E-state index in [1.807, 2.05) is 32.0 Å². The van der Waals surface area contributed by atoms with Crippen LogP contribution >= 0.6 is 34.9 Å². The molecular weight excluding hydrogens is 528 g/mol. The van der Waals surface area contributed by atoms with Crippen molar-refractivity contribution in [2.75, 3.05) is 18.5 Å². The average Bonchev–Trinajstić information content (AvgIpc) is 3.52. The van der Waals surface area contributed by atoms with Crippen LogP contribution in [0.15, 0.2) is 28.9 Å². The van der Waals surface area contributed by atoms with Crippen molar-refractivity contribution < 1.29 is 24.8 Å². The van der Waals surface area contributed by atoms with Crippen molar-refractivity contribution in [3.63, 3.8) is 0 Å². The lowest BCUT2D eigenvalue weighted by Gasteiger charge is -2.43. The molecule has 1 fully saturated rings. The highest BCUT2D eigenvalue weighted by atomic mass is 35.5. The molecular formula is C22H27ClN6O5S2. The lowest BCUT2D eigenvalue weighted by molar-refractivity contribution is -0.0520. The highest BCUT2D eigenvalue weighted by molar-refractivity contribution is 7.99. The Morgan fingerprint density at radius 1 is 1.33 bits per heavy atom. The Morgan fingerprint density at radius 3 is 2.83 bits per heavy atom. The van der Waals surface area contributed by atoms with Crippen molar-refractivity contribution >= 4 is 56.8 Å². The number of thiazole rings is 1. The normalized spacial score (nSPS) is 27.9. The summed E-state index contributed by atoms with van der Waals surface area (Å²) < 4.78 is 16.1. The number of nitrogens with one attached hydrogen (secondary N) is 2. The van der Waals surface area contributed by atoms with E-state index in [4.69, 9.17) is 31.5 Å². The summed E-state index contributed by atoms with van der Waals surface area (Å²) in [5.41, 5.74) is 1.14. The first kappa shape index (κ1) is 25.5. The lowest BCUT2D eigenvalue weighted by atomic mass is 10.1. The highest BCUT2D eigenvalue weighted by Crippen LogP contribution is 2.46. The lowest BCUT2D eigenvalue weighted by Crippen LogP contribution is -2.53. The van der Waals surface area contributed by atoms with Crippen molar-refractivity contribution in [2.24, 2.45) is 0 Å². The molecule has 2 aromatic heterocycles. The van der Waals surface area contributed by atoms with Gasteiger partial charge < -0.3 is 30.1 Å². The molecule has 3 aromatic rings. The van der Waals surface area contributed by atoms with Crippen molar-refractivity contribution in [1.29, 1.82) is 5.41 Å². The van der Waals surface area contributed by atoms with Gasteiger partial charge in [-0.3, -0.25) is 14.3 Å². The predicted molar refractivity (Wildman–Crippen MR) is 138 cm³/mol. The molecule has 0 amide bonds. The number of amidine groups is 1. The maximum absolute atomic E-state index is 10.5. The first-order chi connectivity index (χ1) is 17.3. The Morgan fingerprint density at radius 2 is 2.14 bits per heavy atom. The van der Waals surface area contributed by atoms with E-state index in [1.54, 1.807) is 4.31 Å². The Hall–Kier alpha value is -2.13. The largest absolute Gasteiger partial charge is 0.494 e. The average molecular weight is 555 g/mol. The first-order valence-corrected chi connectivity index (χ1v) is 13.5. The molecule has 5 atom stereocenters. The van der Waals surface area contributed by atoms with E-state index in [-0.39, 0.29) is 5.84 Å². The molecule has 2 aliphatic rings. The van der Waals surface area contributed by atoms with Crippen LogP contribution in [-0.4, -0.2) is 76.6 Å². The minimum atomic E-state index is -1.29. The summed E-state index contributed by atoms with van der Waals surface area (Å²) in [5.74, 6) is 1.23. The zero-order chi connectivity index (χ0) is 25.6. The van der Waals surface area contributed by atoms with Gasteiger partial charge in [-0.1, -0.05) is 24.9 Å². The van der Waals surface area contributed by atoms with E-state index in [2.05, 4.69) is 10.3 Å². The number of hydrogen-bond acceptors (Lipinski definition) is 11. The van der Waals surface area contributed by atoms with Gasteiger partial charge in [0, 0.05) is 18.4 Å². The van der Waals surface area contributed by atoms with Gasteiger partial charge in [0.05, 0.1) is 29.8 Å². The quantitative estimate of drug-likeness (QED) is 0.160. The predicted octanol–water partition coefficient (Wildman–Crippen LogP) is 2.96. The molecule has 1 unspecified atom stereocenters. The van der Waals surface area contributed by atoms with Crippen molar-refractivity contribution in [2.45, 2.75) is 60.7 Å². The van der Waals surface area contributed by atoms with E-state index in [0.29, 0.717) is 28.9 Å². The van der Waals surface area contributed by atoms with Gasteiger partial charge in [0.15, 0.2) is 16.4 Å². The summed E-state index contributed by atoms with van der Waals surface area (Å²) in [6.45, 7) is 4.06. The molecule has 1 saturated heterocycles. The van der Waals surface area contributed by atoms with Crippen molar-refractivity contribution in [1.82, 2.24) is 18.8 Å². The maximum Gasteiger partial charge on any atom is 0.200 e. The van der Waals surface area contributed by atoms with Crippen LogP contribution in [0, 0.1) is 5.41 Å². The smallest absolute Gasteiger partial charge is 0.200 e. The molecule has 0 aliphatic carbocycles. The fourth-order valence-corrected chi connectivity index (χ4v) is 6.93. The number of aliphatic hydroxyl groups is 3. The zero-order valence-corrected chi connectivity index (χ0v) is 22.0. The molecule has 5 N–H and O–H groups in total. The number of fused-ring (bicyclic) bond motifs is 2. The third-order valence-electron chi connectivity index (χ3n) is 6.05. The Kier molecular flexibility index (Phi) is 7.07. The number of alkyl halides is 1. The number of halogens is 1. The van der Waals surface area contributed by atoms with Crippen LogP contribution in [-0.2, 0) is 4.74 Å². The molecule has 1 aromatic carbocycles. The number of benzene rings is 1. The fraction of sp³-hybridized carbons (Fsp3) is 0.500. The summed E-state index contributed by atoms with van der Waals surface area (Å²) in [6, 6.07) is 5.73. The minimum Gasteiger partial charge on any atom is -0.494 e. The molecule has 0 saturated carbocycles. The summed E-state index contributed by atoms with van der Waals surface area (Å²) in [5, 5.41) is 41.2. The maximum atomic E-state index is 10.5. The number of nitrogens with zero attached hydrogens (tertiary/aromatic N) is 4. The molecule has 0 bridgehead atoms. The van der Waals surface area contributed by atoms with E-state index in [9.17, 15) is 15.3 Å². The number of aliphatic hydroxyl groups excluding tert-OH is 3. The number of rotatable bonds is 8. The number of hydrogen-bond donors (Lipinski definition) is 5. The van der Waals surface area contributed by atoms with Gasteiger partial charge in [0.2, 0.25) is 5.12 Å². The third kappa shape index (κ3) is 4.32. The monoisotopic (exact) mass is 554 g/mol. The topological polar surface area (TPSA) is 149 Å². The molecule has 14 heteroatoms. The molecule has 4 heterocycles. The summed E-state index contributed by atoms with van der Waals surface area (Å²) in [6.07, 6.45) is -1.86. The van der Waals surface area contributed by atoms with Crippen LogP contribution in [0.25, 0.3) is 10.2 Å². The zero-order valence-electron chi connectivity index (χ0n) is 19.6. The Bertz CT molecular complexity index is 1270. The molecule has 0 radical (unpaired) electrons. The third-order valence-corrected chi connectivity index (χ3v) is 8.81. The summed E-state index contributed by atoms with van der Waals surface area (Å²) in [4.78, 5) is 9.08. The van der Waals surface area contributed by atoms with Crippen LogP contribution in [0.3, 0.4) is 0 Å². The van der Waals surface area contributed by atoms with E-state index >= 15 is 0 Å². The second-order valence-electron chi connectivity index (χ2n) is 8.49. The standard InChI is InChI=1S/C22H27ClN6O5S2/c1-3-7-22(23)27-19-15(25-10-28(19)20-17(32)16(31)13(9-30)34-20)18(24)29(22)36-21-26-12-6-5-11(33-4-2)8-14(12)35-21/h5-6,8,10,13,16-17,20,24,27,30-32H,3-4,7,9H2,1-2H3/t13-,16-,17-,20-,22?/m1/s1. The Balaban J connectivity index is 1.47. The van der Waals surface area contributed by atoms with Gasteiger partial charge in [-0.05, 0) is 25.1 Å². The van der Waals surface area contributed by atoms with Crippen LogP contribution < -0.4 is 10.1 Å². The van der Waals surface area contributed by atoms with Gasteiger partial charge in [-0.15, -0.1) is 11.3 Å². The summed E-state index contributed by atoms with van der Waals surface area (Å²) >= 11 is 9.84. The van der Waals surface area contributed by atoms with E-state index in [0.717, 1.165) is 22.4 Å². The number of imidazole rings is 1. The van der Waals surface area contributed by atoms with Gasteiger partial charge in [0.25, 0.3) is 0 Å². The van der Waals surface area contributed by atoms with Gasteiger partial charge >= 0.3 is 0 Å². The van der Waals surface area contributed by atoms with Gasteiger partial charge in [0.1, 0.15) is 35.6 Å². The second kappa shape index (κ2) is 9.97. The molecule has 5 rings (SSSR count). The second-order valence-corrected chi connectivity index (χ2v) is 11.3. The van der Waals surface area contributed by atoms with Gasteiger partial charge in [-0.25, -0.2) is 9.97 Å². The molecule has 2 aliphatic heterocycles. The minimum absolute atomic E-state index is 0.0666. The molecule has 194 valence electrons. The van der Waals surface area contributed by atoms with Crippen molar-refractivity contribution in [3.05, 3.63) is 30.2 Å². The van der Waals surface area contributed by atoms with Crippen LogP contribution in [0.1, 0.15) is 38.6 Å². The first-order valence-electron chi connectivity index (χ1n) is 11.6. The van der Waals surface area contributed by atoms with E-state index < -0.39 is 36.3 Å². The molecule has 36 heavy (non-hydrogen) atoms. The molecule has 0 spiro atoms. The van der Waals surface area contributed by atoms with Crippen molar-refractivity contribution in [3.8, 4) is 5.75 Å². The van der Waals surface area contributed by atoms with E-state index in [1.165, 1.54) is 34.2 Å².